The van der Waals surface area contributed by atoms with Gasteiger partial charge in [0.25, 0.3) is 0 Å². The zero-order valence-corrected chi connectivity index (χ0v) is 14.7. The van der Waals surface area contributed by atoms with Crippen LogP contribution in [-0.2, 0) is 0 Å². The van der Waals surface area contributed by atoms with E-state index in [1.54, 1.807) is 11.8 Å². The largest absolute Gasteiger partial charge is 0.334 e. The maximum atomic E-state index is 13.1. The highest BCUT2D eigenvalue weighted by molar-refractivity contribution is 7.99. The lowest BCUT2D eigenvalue weighted by Crippen LogP contribution is -2.47. The molecule has 1 N–H and O–H groups in total. The summed E-state index contributed by atoms with van der Waals surface area (Å²) < 4.78 is 0. The van der Waals surface area contributed by atoms with E-state index in [1.165, 1.54) is 19.3 Å². The zero-order valence-electron chi connectivity index (χ0n) is 13.9. The predicted molar refractivity (Wildman–Crippen MR) is 99.1 cm³/mol. The minimum Gasteiger partial charge on any atom is -0.334 e. The number of urea groups is 1. The SMILES string of the molecule is C[C@@H]1CCCC[C@H]1NC(=O)N1c2ccccc2Sc2ccccc21. The third kappa shape index (κ3) is 2.80. The topological polar surface area (TPSA) is 32.3 Å². The van der Waals surface area contributed by atoms with Gasteiger partial charge in [-0.2, -0.15) is 0 Å². The molecule has 2 aromatic carbocycles. The van der Waals surface area contributed by atoms with Gasteiger partial charge in [0, 0.05) is 15.8 Å². The number of benzene rings is 2. The molecule has 4 heteroatoms. The van der Waals surface area contributed by atoms with Gasteiger partial charge in [-0.05, 0) is 43.0 Å². The Bertz CT molecular complexity index is 715. The summed E-state index contributed by atoms with van der Waals surface area (Å²) in [5.41, 5.74) is 1.95. The summed E-state index contributed by atoms with van der Waals surface area (Å²) >= 11 is 1.73. The van der Waals surface area contributed by atoms with Crippen LogP contribution in [0, 0.1) is 5.92 Å². The third-order valence-corrected chi connectivity index (χ3v) is 6.19. The molecule has 2 aliphatic rings. The number of para-hydroxylation sites is 2. The van der Waals surface area contributed by atoms with Crippen molar-refractivity contribution in [2.24, 2.45) is 5.92 Å². The number of hydrogen-bond donors (Lipinski definition) is 1. The first-order valence-electron chi connectivity index (χ1n) is 8.70. The molecule has 0 unspecified atom stereocenters. The van der Waals surface area contributed by atoms with Gasteiger partial charge in [0.05, 0.1) is 11.4 Å². The van der Waals surface area contributed by atoms with E-state index in [2.05, 4.69) is 24.4 Å². The van der Waals surface area contributed by atoms with Gasteiger partial charge in [-0.25, -0.2) is 4.79 Å². The molecule has 124 valence electrons. The van der Waals surface area contributed by atoms with Gasteiger partial charge in [0.15, 0.2) is 0 Å². The number of nitrogens with zero attached hydrogens (tertiary/aromatic N) is 1. The van der Waals surface area contributed by atoms with E-state index in [-0.39, 0.29) is 12.1 Å². The number of rotatable bonds is 1. The van der Waals surface area contributed by atoms with Crippen LogP contribution in [0.2, 0.25) is 0 Å². The van der Waals surface area contributed by atoms with Crippen molar-refractivity contribution in [3.05, 3.63) is 48.5 Å². The second-order valence-electron chi connectivity index (χ2n) is 6.69. The van der Waals surface area contributed by atoms with E-state index in [0.29, 0.717) is 5.92 Å². The van der Waals surface area contributed by atoms with E-state index in [9.17, 15) is 4.79 Å². The van der Waals surface area contributed by atoms with Crippen molar-refractivity contribution in [2.75, 3.05) is 4.90 Å². The standard InChI is InChI=1S/C20H22N2OS/c1-14-8-2-3-9-15(14)21-20(23)22-16-10-4-6-12-18(16)24-19-13-7-5-11-17(19)22/h4-7,10-15H,2-3,8-9H2,1H3,(H,21,23)/t14-,15-/m1/s1. The van der Waals surface area contributed by atoms with Gasteiger partial charge in [0.2, 0.25) is 0 Å². The van der Waals surface area contributed by atoms with Crippen LogP contribution in [0.15, 0.2) is 58.3 Å². The van der Waals surface area contributed by atoms with Crippen LogP contribution in [0.25, 0.3) is 0 Å². The van der Waals surface area contributed by atoms with Crippen molar-refractivity contribution in [1.82, 2.24) is 5.32 Å². The second-order valence-corrected chi connectivity index (χ2v) is 7.77. The van der Waals surface area contributed by atoms with Crippen molar-refractivity contribution in [3.8, 4) is 0 Å². The van der Waals surface area contributed by atoms with Gasteiger partial charge < -0.3 is 5.32 Å². The van der Waals surface area contributed by atoms with Crippen molar-refractivity contribution in [1.29, 1.82) is 0 Å². The lowest BCUT2D eigenvalue weighted by molar-refractivity contribution is 0.229. The average Bonchev–Trinajstić information content (AvgIpc) is 2.61. The Labute approximate surface area is 147 Å². The molecule has 2 aromatic rings. The molecule has 1 saturated carbocycles. The Balaban J connectivity index is 1.67. The number of nitrogens with one attached hydrogen (secondary N) is 1. The van der Waals surface area contributed by atoms with Gasteiger partial charge in [0.1, 0.15) is 0 Å². The van der Waals surface area contributed by atoms with Crippen LogP contribution in [0.3, 0.4) is 0 Å². The molecule has 1 fully saturated rings. The van der Waals surface area contributed by atoms with Crippen LogP contribution >= 0.6 is 11.8 Å². The summed E-state index contributed by atoms with van der Waals surface area (Å²) in [6, 6.07) is 16.5. The van der Waals surface area contributed by atoms with E-state index >= 15 is 0 Å². The monoisotopic (exact) mass is 338 g/mol. The summed E-state index contributed by atoms with van der Waals surface area (Å²) in [5.74, 6) is 0.548. The molecule has 0 saturated heterocycles. The molecule has 1 aliphatic heterocycles. The van der Waals surface area contributed by atoms with Crippen molar-refractivity contribution in [3.63, 3.8) is 0 Å². The fraction of sp³-hybridized carbons (Fsp3) is 0.350. The highest BCUT2D eigenvalue weighted by atomic mass is 32.2. The van der Waals surface area contributed by atoms with Crippen LogP contribution in [0.1, 0.15) is 32.6 Å². The summed E-state index contributed by atoms with van der Waals surface area (Å²) in [4.78, 5) is 17.2. The molecule has 4 rings (SSSR count). The molecule has 2 amide bonds. The zero-order chi connectivity index (χ0) is 16.5. The first-order chi connectivity index (χ1) is 11.7. The molecule has 24 heavy (non-hydrogen) atoms. The molecule has 1 aliphatic carbocycles. The Hall–Kier alpha value is -1.94. The van der Waals surface area contributed by atoms with Gasteiger partial charge >= 0.3 is 6.03 Å². The summed E-state index contributed by atoms with van der Waals surface area (Å²) in [5, 5.41) is 3.30. The molecule has 0 spiro atoms. The predicted octanol–water partition coefficient (Wildman–Crippen LogP) is 5.58. The minimum absolute atomic E-state index is 0.00560. The van der Waals surface area contributed by atoms with E-state index in [1.807, 2.05) is 41.3 Å². The highest BCUT2D eigenvalue weighted by Gasteiger charge is 2.30. The fourth-order valence-corrected chi connectivity index (χ4v) is 4.74. The van der Waals surface area contributed by atoms with Crippen LogP contribution in [0.5, 0.6) is 0 Å². The molecule has 0 radical (unpaired) electrons. The van der Waals surface area contributed by atoms with Crippen molar-refractivity contribution in [2.45, 2.75) is 48.4 Å². The Morgan fingerprint density at radius 3 is 2.21 bits per heavy atom. The third-order valence-electron chi connectivity index (χ3n) is 5.06. The first kappa shape index (κ1) is 15.6. The first-order valence-corrected chi connectivity index (χ1v) is 9.52. The van der Waals surface area contributed by atoms with Crippen LogP contribution in [0.4, 0.5) is 16.2 Å². The number of fused-ring (bicyclic) bond motifs is 2. The minimum atomic E-state index is -0.00560. The lowest BCUT2D eigenvalue weighted by atomic mass is 9.86. The summed E-state index contributed by atoms with van der Waals surface area (Å²) in [7, 11) is 0. The smallest absolute Gasteiger partial charge is 0.326 e. The number of amides is 2. The van der Waals surface area contributed by atoms with Gasteiger partial charge in [-0.15, -0.1) is 0 Å². The van der Waals surface area contributed by atoms with Crippen LogP contribution < -0.4 is 10.2 Å². The normalized spacial score (nSPS) is 22.5. The highest BCUT2D eigenvalue weighted by Crippen LogP contribution is 2.47. The molecule has 0 aromatic heterocycles. The van der Waals surface area contributed by atoms with Crippen molar-refractivity contribution < 1.29 is 4.79 Å². The van der Waals surface area contributed by atoms with Crippen molar-refractivity contribution >= 4 is 29.2 Å². The Morgan fingerprint density at radius 1 is 1.00 bits per heavy atom. The number of anilines is 2. The molecular weight excluding hydrogens is 316 g/mol. The Kier molecular flexibility index (Phi) is 4.23. The summed E-state index contributed by atoms with van der Waals surface area (Å²) in [6.45, 7) is 2.25. The maximum Gasteiger partial charge on any atom is 0.326 e. The average molecular weight is 338 g/mol. The number of carbonyl (C=O) groups excluding carboxylic acids is 1. The molecule has 0 bridgehead atoms. The van der Waals surface area contributed by atoms with E-state index < -0.39 is 0 Å². The molecule has 3 nitrogen and oxygen atoms in total. The van der Waals surface area contributed by atoms with Gasteiger partial charge in [-0.3, -0.25) is 4.90 Å². The van der Waals surface area contributed by atoms with E-state index in [0.717, 1.165) is 27.6 Å². The molecular formula is C20H22N2OS. The number of carbonyl (C=O) groups is 1. The summed E-state index contributed by atoms with van der Waals surface area (Å²) in [6.07, 6.45) is 4.77. The quantitative estimate of drug-likeness (QED) is 0.736. The molecule has 1 heterocycles. The van der Waals surface area contributed by atoms with Crippen LogP contribution in [-0.4, -0.2) is 12.1 Å². The fourth-order valence-electron chi connectivity index (χ4n) is 3.68. The number of hydrogen-bond acceptors (Lipinski definition) is 2. The van der Waals surface area contributed by atoms with E-state index in [4.69, 9.17) is 0 Å². The lowest BCUT2D eigenvalue weighted by Gasteiger charge is -2.35. The Morgan fingerprint density at radius 2 is 1.58 bits per heavy atom. The van der Waals surface area contributed by atoms with Gasteiger partial charge in [-0.1, -0.05) is 55.8 Å². The maximum absolute atomic E-state index is 13.1. The second kappa shape index (κ2) is 6.52. The molecule has 2 atom stereocenters.